The Kier molecular flexibility index (Phi) is 9.86. The molecule has 0 bridgehead atoms. The minimum atomic E-state index is -1.05. The molecule has 2 aliphatic heterocycles. The van der Waals surface area contributed by atoms with Crippen LogP contribution in [0.5, 0.6) is 0 Å². The number of hydrogen-bond donors (Lipinski definition) is 6. The van der Waals surface area contributed by atoms with E-state index >= 15 is 0 Å². The fourth-order valence-electron chi connectivity index (χ4n) is 3.89. The van der Waals surface area contributed by atoms with Crippen LogP contribution in [-0.2, 0) is 19.2 Å². The minimum Gasteiger partial charge on any atom is -0.480 e. The molecule has 0 aromatic rings. The van der Waals surface area contributed by atoms with Crippen LogP contribution in [-0.4, -0.2) is 83.3 Å². The normalized spacial score (nSPS) is 23.1. The number of rotatable bonds is 11. The highest BCUT2D eigenvalue weighted by molar-refractivity contribution is 7.80. The van der Waals surface area contributed by atoms with Gasteiger partial charge in [0.2, 0.25) is 17.7 Å². The van der Waals surface area contributed by atoms with E-state index < -0.39 is 35.9 Å². The lowest BCUT2D eigenvalue weighted by Crippen LogP contribution is -2.57. The molecule has 4 atom stereocenters. The van der Waals surface area contributed by atoms with Gasteiger partial charge in [-0.3, -0.25) is 14.4 Å². The van der Waals surface area contributed by atoms with Gasteiger partial charge in [0.05, 0.1) is 6.04 Å². The lowest BCUT2D eigenvalue weighted by molar-refractivity contribution is -0.149. The van der Waals surface area contributed by atoms with Crippen molar-refractivity contribution in [2.24, 2.45) is 5.73 Å². The molecule has 2 fully saturated rings. The van der Waals surface area contributed by atoms with Gasteiger partial charge in [-0.2, -0.15) is 12.6 Å². The molecule has 0 spiro atoms. The van der Waals surface area contributed by atoms with E-state index in [9.17, 15) is 24.3 Å². The average molecular weight is 444 g/mol. The number of nitrogens with two attached hydrogens (primary N) is 1. The van der Waals surface area contributed by atoms with Gasteiger partial charge in [0, 0.05) is 12.3 Å². The van der Waals surface area contributed by atoms with Crippen molar-refractivity contribution in [1.82, 2.24) is 20.9 Å². The van der Waals surface area contributed by atoms with Crippen molar-refractivity contribution in [2.75, 3.05) is 25.4 Å². The van der Waals surface area contributed by atoms with Crippen molar-refractivity contribution in [3.8, 4) is 0 Å². The van der Waals surface area contributed by atoms with E-state index in [1.165, 1.54) is 4.90 Å². The molecule has 2 saturated heterocycles. The highest BCUT2D eigenvalue weighted by Crippen LogP contribution is 2.19. The Hall–Kier alpha value is -1.85. The standard InChI is InChI=1S/C19H33N5O5S/c20-8-2-1-5-13(22-16(25)12-6-3-9-21-12)17(26)23-14(11-30)18(27)24-10-4-7-15(24)19(28)29/h12-15,21,30H,1-11,20H2,(H,22,25)(H,23,26)(H,28,29). The largest absolute Gasteiger partial charge is 0.480 e. The molecule has 0 aromatic heterocycles. The zero-order valence-electron chi connectivity index (χ0n) is 17.1. The van der Waals surface area contributed by atoms with Gasteiger partial charge in [-0.25, -0.2) is 4.79 Å². The monoisotopic (exact) mass is 443 g/mol. The van der Waals surface area contributed by atoms with Crippen LogP contribution < -0.4 is 21.7 Å². The number of nitrogens with zero attached hydrogens (tertiary/aromatic N) is 1. The molecular formula is C19H33N5O5S. The fraction of sp³-hybridized carbons (Fsp3) is 0.789. The number of unbranched alkanes of at least 4 members (excludes halogenated alkanes) is 1. The van der Waals surface area contributed by atoms with Crippen molar-refractivity contribution in [2.45, 2.75) is 69.1 Å². The number of carbonyl (C=O) groups is 4. The van der Waals surface area contributed by atoms with Crippen molar-refractivity contribution in [3.63, 3.8) is 0 Å². The summed E-state index contributed by atoms with van der Waals surface area (Å²) in [7, 11) is 0. The maximum absolute atomic E-state index is 12.9. The number of thiol groups is 1. The molecule has 0 aromatic carbocycles. The Morgan fingerprint density at radius 3 is 2.50 bits per heavy atom. The van der Waals surface area contributed by atoms with Crippen molar-refractivity contribution >= 4 is 36.3 Å². The fourth-order valence-corrected chi connectivity index (χ4v) is 4.13. The number of carboxylic acid groups (broad SMARTS) is 1. The molecule has 30 heavy (non-hydrogen) atoms. The van der Waals surface area contributed by atoms with Gasteiger partial charge in [0.25, 0.3) is 0 Å². The highest BCUT2D eigenvalue weighted by atomic mass is 32.1. The summed E-state index contributed by atoms with van der Waals surface area (Å²) in [6.07, 6.45) is 4.37. The summed E-state index contributed by atoms with van der Waals surface area (Å²) in [6.45, 7) is 1.58. The van der Waals surface area contributed by atoms with Crippen LogP contribution >= 0.6 is 12.6 Å². The van der Waals surface area contributed by atoms with E-state index in [2.05, 4.69) is 28.6 Å². The Labute approximate surface area is 182 Å². The van der Waals surface area contributed by atoms with Gasteiger partial charge in [-0.05, 0) is 58.0 Å². The van der Waals surface area contributed by atoms with E-state index in [1.54, 1.807) is 0 Å². The second-order valence-corrected chi connectivity index (χ2v) is 8.13. The van der Waals surface area contributed by atoms with Gasteiger partial charge >= 0.3 is 5.97 Å². The topological polar surface area (TPSA) is 154 Å². The molecule has 170 valence electrons. The van der Waals surface area contributed by atoms with Gasteiger partial charge in [0.1, 0.15) is 18.1 Å². The van der Waals surface area contributed by atoms with Crippen molar-refractivity contribution in [1.29, 1.82) is 0 Å². The number of amides is 3. The Morgan fingerprint density at radius 2 is 1.90 bits per heavy atom. The molecule has 0 radical (unpaired) electrons. The van der Waals surface area contributed by atoms with Crippen LogP contribution in [0.15, 0.2) is 0 Å². The SMILES string of the molecule is NCCCCC(NC(=O)C1CCCN1)C(=O)NC(CS)C(=O)N1CCCC1C(=O)O. The summed E-state index contributed by atoms with van der Waals surface area (Å²) in [5.41, 5.74) is 5.53. The third kappa shape index (κ3) is 6.58. The summed E-state index contributed by atoms with van der Waals surface area (Å²) in [5.74, 6) is -2.20. The first-order chi connectivity index (χ1) is 14.4. The molecule has 4 unspecified atom stereocenters. The minimum absolute atomic E-state index is 0.0288. The summed E-state index contributed by atoms with van der Waals surface area (Å²) in [4.78, 5) is 50.9. The molecule has 2 aliphatic rings. The summed E-state index contributed by atoms with van der Waals surface area (Å²) in [6, 6.07) is -2.96. The summed E-state index contributed by atoms with van der Waals surface area (Å²) >= 11 is 4.18. The first kappa shape index (κ1) is 24.4. The number of hydrogen-bond acceptors (Lipinski definition) is 7. The highest BCUT2D eigenvalue weighted by Gasteiger charge is 2.38. The number of likely N-dealkylation sites (tertiary alicyclic amines) is 1. The van der Waals surface area contributed by atoms with Crippen LogP contribution in [0, 0.1) is 0 Å². The second kappa shape index (κ2) is 12.1. The number of carboxylic acids is 1. The van der Waals surface area contributed by atoms with Gasteiger partial charge in [-0.1, -0.05) is 0 Å². The predicted octanol–water partition coefficient (Wildman–Crippen LogP) is -1.16. The molecule has 6 N–H and O–H groups in total. The zero-order valence-corrected chi connectivity index (χ0v) is 18.0. The van der Waals surface area contributed by atoms with E-state index in [-0.39, 0.29) is 17.7 Å². The zero-order chi connectivity index (χ0) is 22.1. The van der Waals surface area contributed by atoms with Crippen LogP contribution in [0.2, 0.25) is 0 Å². The van der Waals surface area contributed by atoms with E-state index in [0.29, 0.717) is 51.6 Å². The Bertz CT molecular complexity index is 628. The molecule has 0 aliphatic carbocycles. The van der Waals surface area contributed by atoms with Crippen molar-refractivity contribution < 1.29 is 24.3 Å². The third-order valence-electron chi connectivity index (χ3n) is 5.57. The molecular weight excluding hydrogens is 410 g/mol. The number of carbonyl (C=O) groups excluding carboxylic acids is 3. The molecule has 2 heterocycles. The first-order valence-corrected chi connectivity index (χ1v) is 11.2. The quantitative estimate of drug-likeness (QED) is 0.174. The third-order valence-corrected chi connectivity index (χ3v) is 5.94. The molecule has 0 saturated carbocycles. The second-order valence-electron chi connectivity index (χ2n) is 7.77. The molecule has 10 nitrogen and oxygen atoms in total. The predicted molar refractivity (Wildman–Crippen MR) is 114 cm³/mol. The Morgan fingerprint density at radius 1 is 1.13 bits per heavy atom. The van der Waals surface area contributed by atoms with E-state index in [1.807, 2.05) is 0 Å². The number of aliphatic carboxylic acids is 1. The van der Waals surface area contributed by atoms with Gasteiger partial charge in [0.15, 0.2) is 0 Å². The average Bonchev–Trinajstić information content (AvgIpc) is 3.42. The maximum Gasteiger partial charge on any atom is 0.326 e. The smallest absolute Gasteiger partial charge is 0.326 e. The lowest BCUT2D eigenvalue weighted by atomic mass is 10.1. The molecule has 3 amide bonds. The van der Waals surface area contributed by atoms with Crippen molar-refractivity contribution in [3.05, 3.63) is 0 Å². The maximum atomic E-state index is 12.9. The summed E-state index contributed by atoms with van der Waals surface area (Å²) < 4.78 is 0. The molecule has 2 rings (SSSR count). The van der Waals surface area contributed by atoms with E-state index in [4.69, 9.17) is 5.73 Å². The van der Waals surface area contributed by atoms with E-state index in [0.717, 1.165) is 13.0 Å². The number of nitrogens with one attached hydrogen (secondary N) is 3. The van der Waals surface area contributed by atoms with Crippen LogP contribution in [0.25, 0.3) is 0 Å². The van der Waals surface area contributed by atoms with Crippen LogP contribution in [0.1, 0.15) is 44.9 Å². The Balaban J connectivity index is 2.02. The van der Waals surface area contributed by atoms with Gasteiger partial charge < -0.3 is 31.7 Å². The van der Waals surface area contributed by atoms with Crippen LogP contribution in [0.3, 0.4) is 0 Å². The lowest BCUT2D eigenvalue weighted by Gasteiger charge is -2.28. The molecule has 11 heteroatoms. The van der Waals surface area contributed by atoms with Crippen LogP contribution in [0.4, 0.5) is 0 Å². The van der Waals surface area contributed by atoms with Gasteiger partial charge in [-0.15, -0.1) is 0 Å². The summed E-state index contributed by atoms with van der Waals surface area (Å²) in [5, 5.41) is 17.9. The first-order valence-electron chi connectivity index (χ1n) is 10.6.